The molecule has 122 valence electrons. The Balaban J connectivity index is 1.81. The summed E-state index contributed by atoms with van der Waals surface area (Å²) in [6.45, 7) is 1.15. The molecular formula is C16H22ClNO3S. The maximum atomic E-state index is 12.8. The Bertz CT molecular complexity index is 639. The van der Waals surface area contributed by atoms with E-state index in [1.54, 1.807) is 19.2 Å². The molecule has 0 aromatic heterocycles. The number of halogens is 1. The number of rotatable bonds is 7. The molecular weight excluding hydrogens is 322 g/mol. The summed E-state index contributed by atoms with van der Waals surface area (Å²) in [5.41, 5.74) is 0. The van der Waals surface area contributed by atoms with E-state index in [0.29, 0.717) is 35.8 Å². The van der Waals surface area contributed by atoms with Crippen molar-refractivity contribution in [2.24, 2.45) is 11.8 Å². The molecule has 0 radical (unpaired) electrons. The van der Waals surface area contributed by atoms with E-state index in [4.69, 9.17) is 16.3 Å². The zero-order valence-corrected chi connectivity index (χ0v) is 14.4. The number of benzene rings is 1. The number of hydrogen-bond donors (Lipinski definition) is 0. The molecule has 1 aromatic rings. The van der Waals surface area contributed by atoms with Crippen molar-refractivity contribution >= 4 is 21.6 Å². The Kier molecular flexibility index (Phi) is 4.67. The van der Waals surface area contributed by atoms with Crippen LogP contribution in [-0.4, -0.2) is 32.9 Å². The van der Waals surface area contributed by atoms with Crippen molar-refractivity contribution in [1.82, 2.24) is 4.31 Å². The van der Waals surface area contributed by atoms with E-state index < -0.39 is 10.0 Å². The monoisotopic (exact) mass is 343 g/mol. The summed E-state index contributed by atoms with van der Waals surface area (Å²) in [7, 11) is -1.93. The molecule has 0 heterocycles. The molecule has 0 saturated heterocycles. The summed E-state index contributed by atoms with van der Waals surface area (Å²) in [4.78, 5) is 0.183. The molecule has 3 rings (SSSR count). The van der Waals surface area contributed by atoms with Crippen LogP contribution in [0.25, 0.3) is 0 Å². The molecule has 2 aliphatic rings. The second-order valence-corrected chi connectivity index (χ2v) is 8.88. The number of sulfonamides is 1. The molecule has 0 amide bonds. The first-order chi connectivity index (χ1) is 10.5. The summed E-state index contributed by atoms with van der Waals surface area (Å²) >= 11 is 6.01. The third kappa shape index (κ3) is 3.58. The second kappa shape index (κ2) is 6.38. The average Bonchev–Trinajstić information content (AvgIpc) is 3.22. The van der Waals surface area contributed by atoms with Crippen LogP contribution in [0.3, 0.4) is 0 Å². The van der Waals surface area contributed by atoms with Gasteiger partial charge in [-0.1, -0.05) is 18.0 Å². The molecule has 2 fully saturated rings. The highest BCUT2D eigenvalue weighted by atomic mass is 35.5. The van der Waals surface area contributed by atoms with Crippen LogP contribution in [0.5, 0.6) is 5.75 Å². The minimum atomic E-state index is -3.56. The van der Waals surface area contributed by atoms with E-state index in [2.05, 4.69) is 0 Å². The van der Waals surface area contributed by atoms with Gasteiger partial charge in [-0.05, 0) is 55.7 Å². The van der Waals surface area contributed by atoms with Crippen LogP contribution in [0.15, 0.2) is 23.1 Å². The highest BCUT2D eigenvalue weighted by molar-refractivity contribution is 7.89. The van der Waals surface area contributed by atoms with Crippen molar-refractivity contribution in [3.05, 3.63) is 23.2 Å². The highest BCUT2D eigenvalue weighted by Gasteiger charge is 2.31. The quantitative estimate of drug-likeness (QED) is 0.760. The lowest BCUT2D eigenvalue weighted by atomic mass is 9.86. The maximum absolute atomic E-state index is 12.8. The fraction of sp³-hybridized carbons (Fsp3) is 0.625. The van der Waals surface area contributed by atoms with Gasteiger partial charge in [-0.15, -0.1) is 0 Å². The van der Waals surface area contributed by atoms with Crippen molar-refractivity contribution in [3.8, 4) is 5.75 Å². The minimum absolute atomic E-state index is 0.183. The molecule has 0 N–H and O–H groups in total. The molecule has 0 unspecified atom stereocenters. The Morgan fingerprint density at radius 3 is 2.55 bits per heavy atom. The Morgan fingerprint density at radius 2 is 1.95 bits per heavy atom. The largest absolute Gasteiger partial charge is 0.492 e. The first kappa shape index (κ1) is 16.1. The number of ether oxygens (including phenoxy) is 1. The zero-order chi connectivity index (χ0) is 15.7. The van der Waals surface area contributed by atoms with Crippen LogP contribution in [-0.2, 0) is 10.0 Å². The molecule has 0 spiro atoms. The standard InChI is InChI=1S/C16H22ClNO3S/c1-18(10-12-5-6-12)22(19,20)16-9-14(17)7-8-15(16)21-11-13-3-2-4-13/h7-9,12-13H,2-6,10-11H2,1H3. The van der Waals surface area contributed by atoms with E-state index in [1.165, 1.54) is 16.8 Å². The smallest absolute Gasteiger partial charge is 0.246 e. The van der Waals surface area contributed by atoms with Crippen molar-refractivity contribution in [1.29, 1.82) is 0 Å². The van der Waals surface area contributed by atoms with Gasteiger partial charge in [0.2, 0.25) is 10.0 Å². The second-order valence-electron chi connectivity index (χ2n) is 6.43. The molecule has 4 nitrogen and oxygen atoms in total. The number of hydrogen-bond acceptors (Lipinski definition) is 3. The van der Waals surface area contributed by atoms with Gasteiger partial charge in [0.05, 0.1) is 6.61 Å². The molecule has 0 atom stereocenters. The van der Waals surface area contributed by atoms with E-state index in [0.717, 1.165) is 25.7 Å². The van der Waals surface area contributed by atoms with Crippen LogP contribution in [0.4, 0.5) is 0 Å². The molecule has 0 aliphatic heterocycles. The lowest BCUT2D eigenvalue weighted by Crippen LogP contribution is -2.29. The predicted molar refractivity (Wildman–Crippen MR) is 86.8 cm³/mol. The first-order valence-electron chi connectivity index (χ1n) is 7.85. The molecule has 1 aromatic carbocycles. The van der Waals surface area contributed by atoms with Gasteiger partial charge in [-0.2, -0.15) is 0 Å². The SMILES string of the molecule is CN(CC1CC1)S(=O)(=O)c1cc(Cl)ccc1OCC1CCC1. The third-order valence-electron chi connectivity index (χ3n) is 4.51. The van der Waals surface area contributed by atoms with Crippen LogP contribution in [0, 0.1) is 11.8 Å². The number of nitrogens with zero attached hydrogens (tertiary/aromatic N) is 1. The molecule has 0 bridgehead atoms. The van der Waals surface area contributed by atoms with Gasteiger partial charge in [0.25, 0.3) is 0 Å². The third-order valence-corrected chi connectivity index (χ3v) is 6.59. The Hall–Kier alpha value is -0.780. The molecule has 6 heteroatoms. The normalized spacial score (nSPS) is 19.2. The minimum Gasteiger partial charge on any atom is -0.492 e. The lowest BCUT2D eigenvalue weighted by Gasteiger charge is -2.26. The van der Waals surface area contributed by atoms with Gasteiger partial charge in [0.15, 0.2) is 0 Å². The van der Waals surface area contributed by atoms with E-state index in [9.17, 15) is 8.42 Å². The van der Waals surface area contributed by atoms with Crippen LogP contribution in [0.1, 0.15) is 32.1 Å². The van der Waals surface area contributed by atoms with Gasteiger partial charge < -0.3 is 4.74 Å². The predicted octanol–water partition coefficient (Wildman–Crippen LogP) is 3.55. The van der Waals surface area contributed by atoms with Gasteiger partial charge in [-0.3, -0.25) is 0 Å². The summed E-state index contributed by atoms with van der Waals surface area (Å²) in [5.74, 6) is 1.47. The van der Waals surface area contributed by atoms with Gasteiger partial charge >= 0.3 is 0 Å². The zero-order valence-electron chi connectivity index (χ0n) is 12.8. The molecule has 2 saturated carbocycles. The summed E-state index contributed by atoms with van der Waals surface area (Å²) in [6.07, 6.45) is 5.79. The maximum Gasteiger partial charge on any atom is 0.246 e. The van der Waals surface area contributed by atoms with Crippen molar-refractivity contribution in [3.63, 3.8) is 0 Å². The highest BCUT2D eigenvalue weighted by Crippen LogP contribution is 2.35. The Morgan fingerprint density at radius 1 is 1.23 bits per heavy atom. The fourth-order valence-electron chi connectivity index (χ4n) is 2.60. The van der Waals surface area contributed by atoms with Crippen molar-refractivity contribution in [2.75, 3.05) is 20.2 Å². The van der Waals surface area contributed by atoms with E-state index >= 15 is 0 Å². The summed E-state index contributed by atoms with van der Waals surface area (Å²) in [5, 5.41) is 0.411. The van der Waals surface area contributed by atoms with Crippen LogP contribution < -0.4 is 4.74 Å². The van der Waals surface area contributed by atoms with Crippen LogP contribution >= 0.6 is 11.6 Å². The lowest BCUT2D eigenvalue weighted by molar-refractivity contribution is 0.177. The molecule has 2 aliphatic carbocycles. The fourth-order valence-corrected chi connectivity index (χ4v) is 4.24. The van der Waals surface area contributed by atoms with Crippen molar-refractivity contribution in [2.45, 2.75) is 37.0 Å². The Labute approximate surface area is 137 Å². The topological polar surface area (TPSA) is 46.6 Å². The van der Waals surface area contributed by atoms with Crippen molar-refractivity contribution < 1.29 is 13.2 Å². The van der Waals surface area contributed by atoms with Gasteiger partial charge in [0.1, 0.15) is 10.6 Å². The van der Waals surface area contributed by atoms with E-state index in [-0.39, 0.29) is 4.90 Å². The molecule has 22 heavy (non-hydrogen) atoms. The average molecular weight is 344 g/mol. The van der Waals surface area contributed by atoms with Crippen LogP contribution in [0.2, 0.25) is 5.02 Å². The summed E-state index contributed by atoms with van der Waals surface area (Å²) in [6, 6.07) is 4.84. The first-order valence-corrected chi connectivity index (χ1v) is 9.67. The summed E-state index contributed by atoms with van der Waals surface area (Å²) < 4.78 is 32.8. The van der Waals surface area contributed by atoms with Gasteiger partial charge in [-0.25, -0.2) is 12.7 Å². The van der Waals surface area contributed by atoms with Gasteiger partial charge in [0, 0.05) is 18.6 Å². The van der Waals surface area contributed by atoms with E-state index in [1.807, 2.05) is 0 Å².